The molecule has 2 aliphatic rings. The lowest BCUT2D eigenvalue weighted by molar-refractivity contribution is 0.0917. The van der Waals surface area contributed by atoms with Gasteiger partial charge in [-0.1, -0.05) is 6.07 Å². The minimum absolute atomic E-state index is 0.00580. The first-order valence-corrected chi connectivity index (χ1v) is 9.86. The van der Waals surface area contributed by atoms with Crippen LogP contribution in [0.15, 0.2) is 36.7 Å². The summed E-state index contributed by atoms with van der Waals surface area (Å²) in [6.45, 7) is 1.41. The summed E-state index contributed by atoms with van der Waals surface area (Å²) in [6, 6.07) is 5.95. The number of amides is 1. The van der Waals surface area contributed by atoms with Gasteiger partial charge in [0.25, 0.3) is 5.91 Å². The predicted octanol–water partition coefficient (Wildman–Crippen LogP) is 3.51. The van der Waals surface area contributed by atoms with Gasteiger partial charge in [0.2, 0.25) is 0 Å². The fourth-order valence-corrected chi connectivity index (χ4v) is 4.35. The Morgan fingerprint density at radius 1 is 1.26 bits per heavy atom. The first kappa shape index (κ1) is 19.5. The summed E-state index contributed by atoms with van der Waals surface area (Å²) < 4.78 is 39.8. The van der Waals surface area contributed by atoms with Crippen LogP contribution in [0.4, 0.5) is 20.2 Å². The maximum absolute atomic E-state index is 14.7. The van der Waals surface area contributed by atoms with Gasteiger partial charge in [-0.15, -0.1) is 0 Å². The quantitative estimate of drug-likeness (QED) is 0.594. The van der Waals surface area contributed by atoms with Crippen molar-refractivity contribution < 1.29 is 23.0 Å². The molecule has 1 fully saturated rings. The van der Waals surface area contributed by atoms with Crippen LogP contribution in [0, 0.1) is 11.6 Å². The van der Waals surface area contributed by atoms with E-state index in [1.54, 1.807) is 6.07 Å². The molecule has 0 radical (unpaired) electrons. The highest BCUT2D eigenvalue weighted by Gasteiger charge is 2.46. The number of para-hydroxylation sites is 1. The predicted molar refractivity (Wildman–Crippen MR) is 110 cm³/mol. The maximum Gasteiger partial charge on any atom is 0.255 e. The molecule has 3 N–H and O–H groups in total. The van der Waals surface area contributed by atoms with Crippen molar-refractivity contribution in [3.8, 4) is 17.0 Å². The average Bonchev–Trinajstić information content (AvgIpc) is 3.38. The molecule has 160 valence electrons. The number of aromatic nitrogens is 2. The molecule has 1 aromatic carbocycles. The van der Waals surface area contributed by atoms with E-state index in [2.05, 4.69) is 20.6 Å². The highest BCUT2D eigenvalue weighted by Crippen LogP contribution is 2.45. The molecule has 2 aliphatic heterocycles. The van der Waals surface area contributed by atoms with Crippen molar-refractivity contribution in [1.82, 2.24) is 15.3 Å². The van der Waals surface area contributed by atoms with E-state index in [-0.39, 0.29) is 17.2 Å². The molecular weight excluding hydrogens is 406 g/mol. The Balaban J connectivity index is 1.75. The topological polar surface area (TPSA) is 88.3 Å². The molecule has 1 unspecified atom stereocenters. The molecule has 0 aliphatic carbocycles. The second-order valence-corrected chi connectivity index (χ2v) is 7.69. The molecule has 1 atom stereocenters. The molecule has 0 bridgehead atoms. The minimum atomic E-state index is -0.557. The van der Waals surface area contributed by atoms with E-state index in [1.807, 2.05) is 0 Å². The monoisotopic (exact) mass is 426 g/mol. The normalized spacial score (nSPS) is 19.9. The number of aromatic amines is 1. The van der Waals surface area contributed by atoms with Gasteiger partial charge in [-0.05, 0) is 24.6 Å². The van der Waals surface area contributed by atoms with Gasteiger partial charge in [0, 0.05) is 30.6 Å². The summed E-state index contributed by atoms with van der Waals surface area (Å²) in [6.07, 6.45) is 3.29. The number of nitrogens with zero attached hydrogens (tertiary/aromatic N) is 1. The molecular formula is C22H20F2N4O3. The number of carbonyl (C=O) groups excluding carboxylic acids is 1. The van der Waals surface area contributed by atoms with E-state index in [4.69, 9.17) is 9.47 Å². The molecule has 1 spiro atoms. The molecule has 0 saturated carbocycles. The molecule has 4 heterocycles. The van der Waals surface area contributed by atoms with Crippen molar-refractivity contribution in [3.63, 3.8) is 0 Å². The lowest BCUT2D eigenvalue weighted by atomic mass is 9.79. The first-order chi connectivity index (χ1) is 15.0. The maximum atomic E-state index is 14.7. The van der Waals surface area contributed by atoms with E-state index in [1.165, 1.54) is 31.5 Å². The number of pyridine rings is 1. The van der Waals surface area contributed by atoms with E-state index in [0.29, 0.717) is 54.5 Å². The van der Waals surface area contributed by atoms with Gasteiger partial charge in [-0.25, -0.2) is 8.78 Å². The Labute approximate surface area is 176 Å². The third kappa shape index (κ3) is 3.04. The van der Waals surface area contributed by atoms with Crippen LogP contribution >= 0.6 is 0 Å². The van der Waals surface area contributed by atoms with Crippen molar-refractivity contribution in [2.75, 3.05) is 32.2 Å². The van der Waals surface area contributed by atoms with Gasteiger partial charge in [-0.3, -0.25) is 9.78 Å². The standard InChI is InChI=1S/C22H20F2N4O3/c1-30-19-13(23)3-2-4-15(19)27-18-16-20(22(6-8-31-11-22)10-26-21(16)29)28-17(18)12-5-7-25-9-14(12)24/h2-5,7,9,27-28H,6,8,10-11H2,1H3,(H,26,29). The molecule has 3 aromatic rings. The highest BCUT2D eigenvalue weighted by molar-refractivity contribution is 6.07. The number of fused-ring (bicyclic) bond motifs is 2. The number of halogens is 2. The van der Waals surface area contributed by atoms with E-state index in [0.717, 1.165) is 6.20 Å². The van der Waals surface area contributed by atoms with Gasteiger partial charge in [-0.2, -0.15) is 0 Å². The lowest BCUT2D eigenvalue weighted by Crippen LogP contribution is -2.47. The second kappa shape index (κ2) is 7.35. The Morgan fingerprint density at radius 3 is 2.87 bits per heavy atom. The van der Waals surface area contributed by atoms with Crippen molar-refractivity contribution >= 4 is 17.3 Å². The molecule has 2 aromatic heterocycles. The summed E-state index contributed by atoms with van der Waals surface area (Å²) in [4.78, 5) is 20.1. The van der Waals surface area contributed by atoms with Crippen LogP contribution in [-0.4, -0.2) is 42.7 Å². The number of hydrogen-bond acceptors (Lipinski definition) is 5. The third-order valence-electron chi connectivity index (χ3n) is 5.92. The summed E-state index contributed by atoms with van der Waals surface area (Å²) in [5.41, 5.74) is 1.87. The largest absolute Gasteiger partial charge is 0.492 e. The number of anilines is 2. The number of ether oxygens (including phenoxy) is 2. The third-order valence-corrected chi connectivity index (χ3v) is 5.92. The number of hydrogen-bond donors (Lipinski definition) is 3. The molecule has 7 nitrogen and oxygen atoms in total. The molecule has 31 heavy (non-hydrogen) atoms. The van der Waals surface area contributed by atoms with E-state index in [9.17, 15) is 13.6 Å². The zero-order valence-corrected chi connectivity index (χ0v) is 16.7. The van der Waals surface area contributed by atoms with Gasteiger partial charge < -0.3 is 25.1 Å². The summed E-state index contributed by atoms with van der Waals surface area (Å²) in [5, 5.41) is 6.04. The van der Waals surface area contributed by atoms with Crippen LogP contribution in [0.2, 0.25) is 0 Å². The van der Waals surface area contributed by atoms with Gasteiger partial charge in [0.05, 0.1) is 48.0 Å². The molecule has 1 saturated heterocycles. The van der Waals surface area contributed by atoms with Gasteiger partial charge in [0.15, 0.2) is 17.4 Å². The Kier molecular flexibility index (Phi) is 4.62. The van der Waals surface area contributed by atoms with Crippen molar-refractivity contribution in [1.29, 1.82) is 0 Å². The Hall–Kier alpha value is -3.46. The summed E-state index contributed by atoms with van der Waals surface area (Å²) in [5.74, 6) is -1.41. The number of nitrogens with one attached hydrogen (secondary N) is 3. The number of carbonyl (C=O) groups is 1. The van der Waals surface area contributed by atoms with Crippen LogP contribution in [0.5, 0.6) is 5.75 Å². The van der Waals surface area contributed by atoms with Crippen LogP contribution in [-0.2, 0) is 10.2 Å². The highest BCUT2D eigenvalue weighted by atomic mass is 19.1. The van der Waals surface area contributed by atoms with Gasteiger partial charge in [0.1, 0.15) is 0 Å². The number of rotatable bonds is 4. The smallest absolute Gasteiger partial charge is 0.255 e. The van der Waals surface area contributed by atoms with Crippen LogP contribution in [0.25, 0.3) is 11.3 Å². The lowest BCUT2D eigenvalue weighted by Gasteiger charge is -2.32. The van der Waals surface area contributed by atoms with Crippen molar-refractivity contribution in [3.05, 3.63) is 59.6 Å². The summed E-state index contributed by atoms with van der Waals surface area (Å²) in [7, 11) is 1.36. The van der Waals surface area contributed by atoms with Crippen LogP contribution in [0.3, 0.4) is 0 Å². The molecule has 5 rings (SSSR count). The number of methoxy groups -OCH3 is 1. The number of benzene rings is 1. The molecule has 9 heteroatoms. The summed E-state index contributed by atoms with van der Waals surface area (Å²) >= 11 is 0. The van der Waals surface area contributed by atoms with Crippen LogP contribution in [0.1, 0.15) is 22.5 Å². The zero-order chi connectivity index (χ0) is 21.6. The zero-order valence-electron chi connectivity index (χ0n) is 16.7. The van der Waals surface area contributed by atoms with Crippen LogP contribution < -0.4 is 15.4 Å². The fourth-order valence-electron chi connectivity index (χ4n) is 4.35. The van der Waals surface area contributed by atoms with E-state index < -0.39 is 17.0 Å². The van der Waals surface area contributed by atoms with Crippen molar-refractivity contribution in [2.45, 2.75) is 11.8 Å². The minimum Gasteiger partial charge on any atom is -0.492 e. The van der Waals surface area contributed by atoms with Crippen molar-refractivity contribution in [2.24, 2.45) is 0 Å². The first-order valence-electron chi connectivity index (χ1n) is 9.86. The Morgan fingerprint density at radius 2 is 2.13 bits per heavy atom. The second-order valence-electron chi connectivity index (χ2n) is 7.69. The SMILES string of the molecule is COc1c(F)cccc1Nc1c(-c2ccncc2F)[nH]c2c1C(=O)NCC21CCOC1. The molecule has 1 amide bonds. The van der Waals surface area contributed by atoms with E-state index >= 15 is 0 Å². The Bertz CT molecular complexity index is 1170. The average molecular weight is 426 g/mol. The van der Waals surface area contributed by atoms with Gasteiger partial charge >= 0.3 is 0 Å². The number of H-pyrrole nitrogens is 1. The fraction of sp³-hybridized carbons (Fsp3) is 0.273.